The van der Waals surface area contributed by atoms with E-state index in [1.54, 1.807) is 25.2 Å². The molecule has 0 atom stereocenters. The van der Waals surface area contributed by atoms with E-state index in [4.69, 9.17) is 23.2 Å². The zero-order chi connectivity index (χ0) is 7.56. The van der Waals surface area contributed by atoms with E-state index in [-0.39, 0.29) is 0 Å². The molecular weight excluding hydrogens is 169 g/mol. The molecule has 1 aromatic carbocycles. The van der Waals surface area contributed by atoms with Crippen molar-refractivity contribution in [3.8, 4) is 0 Å². The van der Waals surface area contributed by atoms with Gasteiger partial charge in [-0.05, 0) is 12.1 Å². The van der Waals surface area contributed by atoms with Gasteiger partial charge in [0.25, 0.3) is 0 Å². The second-order valence-electron chi connectivity index (χ2n) is 1.82. The van der Waals surface area contributed by atoms with Gasteiger partial charge in [0.1, 0.15) is 0 Å². The summed E-state index contributed by atoms with van der Waals surface area (Å²) in [7, 11) is 1.68. The van der Waals surface area contributed by atoms with Crippen molar-refractivity contribution in [1.29, 1.82) is 0 Å². The van der Waals surface area contributed by atoms with Gasteiger partial charge in [0.2, 0.25) is 0 Å². The third-order valence-corrected chi connectivity index (χ3v) is 1.70. The minimum absolute atomic E-state index is 0.631. The summed E-state index contributed by atoms with van der Waals surface area (Å²) < 4.78 is 0. The van der Waals surface area contributed by atoms with Crippen LogP contribution < -0.4 is 0 Å². The summed E-state index contributed by atoms with van der Waals surface area (Å²) in [6.45, 7) is 0. The van der Waals surface area contributed by atoms with Gasteiger partial charge in [0.15, 0.2) is 0 Å². The van der Waals surface area contributed by atoms with Crippen LogP contribution in [0.15, 0.2) is 18.2 Å². The highest BCUT2D eigenvalue weighted by Crippen LogP contribution is 2.29. The smallest absolute Gasteiger partial charge is 0.0394 e. The number of benzene rings is 1. The highest BCUT2D eigenvalue weighted by molar-refractivity contribution is 6.35. The first kappa shape index (κ1) is 7.70. The molecular formula is C7H6Cl2N-. The van der Waals surface area contributed by atoms with Gasteiger partial charge in [-0.2, -0.15) is 0 Å². The van der Waals surface area contributed by atoms with Crippen LogP contribution in [0, 0.1) is 0 Å². The Hall–Kier alpha value is -0.400. The molecule has 0 fully saturated rings. The van der Waals surface area contributed by atoms with E-state index >= 15 is 0 Å². The van der Waals surface area contributed by atoms with E-state index in [0.717, 1.165) is 5.69 Å². The Morgan fingerprint density at radius 1 is 1.30 bits per heavy atom. The first-order chi connectivity index (χ1) is 4.74. The molecule has 0 unspecified atom stereocenters. The summed E-state index contributed by atoms with van der Waals surface area (Å²) in [5.74, 6) is 0. The predicted molar refractivity (Wildman–Crippen MR) is 45.4 cm³/mol. The van der Waals surface area contributed by atoms with Crippen LogP contribution in [0.4, 0.5) is 5.69 Å². The lowest BCUT2D eigenvalue weighted by Gasteiger charge is -2.15. The molecule has 1 nitrogen and oxygen atoms in total. The van der Waals surface area contributed by atoms with Crippen molar-refractivity contribution in [3.63, 3.8) is 0 Å². The summed E-state index contributed by atoms with van der Waals surface area (Å²) in [5, 5.41) is 5.20. The van der Waals surface area contributed by atoms with Crippen LogP contribution >= 0.6 is 23.2 Å². The molecule has 54 valence electrons. The third-order valence-electron chi connectivity index (χ3n) is 1.15. The Bertz CT molecular complexity index is 235. The first-order valence-electron chi connectivity index (χ1n) is 2.79. The highest BCUT2D eigenvalue weighted by atomic mass is 35.5. The average Bonchev–Trinajstić information content (AvgIpc) is 1.94. The molecule has 0 radical (unpaired) electrons. The second kappa shape index (κ2) is 3.13. The molecule has 0 aliphatic heterocycles. The van der Waals surface area contributed by atoms with Crippen molar-refractivity contribution in [2.45, 2.75) is 0 Å². The number of nitrogens with zero attached hydrogens (tertiary/aromatic N) is 1. The van der Waals surface area contributed by atoms with E-state index < -0.39 is 0 Å². The zero-order valence-corrected chi connectivity index (χ0v) is 6.95. The van der Waals surface area contributed by atoms with Crippen LogP contribution in [0.2, 0.25) is 10.0 Å². The molecule has 0 spiro atoms. The molecule has 0 aliphatic carbocycles. The molecule has 0 aromatic heterocycles. The molecule has 0 amide bonds. The number of halogens is 2. The monoisotopic (exact) mass is 174 g/mol. The lowest BCUT2D eigenvalue weighted by Crippen LogP contribution is -1.69. The van der Waals surface area contributed by atoms with E-state index in [9.17, 15) is 0 Å². The summed E-state index contributed by atoms with van der Waals surface area (Å²) in [4.78, 5) is 0. The van der Waals surface area contributed by atoms with Crippen LogP contribution in [-0.4, -0.2) is 7.05 Å². The van der Waals surface area contributed by atoms with Crippen molar-refractivity contribution < 1.29 is 0 Å². The molecule has 3 heteroatoms. The molecule has 1 aromatic rings. The second-order valence-corrected chi connectivity index (χ2v) is 2.66. The van der Waals surface area contributed by atoms with Crippen molar-refractivity contribution in [3.05, 3.63) is 33.6 Å². The quantitative estimate of drug-likeness (QED) is 0.618. The van der Waals surface area contributed by atoms with Crippen molar-refractivity contribution in [2.24, 2.45) is 0 Å². The lowest BCUT2D eigenvalue weighted by molar-refractivity contribution is 1.62. The van der Waals surface area contributed by atoms with Gasteiger partial charge < -0.3 is 5.32 Å². The molecule has 0 heterocycles. The maximum Gasteiger partial charge on any atom is 0.0394 e. The molecule has 0 saturated carbocycles. The molecule has 1 rings (SSSR count). The Kier molecular flexibility index (Phi) is 2.41. The van der Waals surface area contributed by atoms with Crippen LogP contribution in [-0.2, 0) is 0 Å². The minimum atomic E-state index is 0.631. The summed E-state index contributed by atoms with van der Waals surface area (Å²) in [6, 6.07) is 5.19. The summed E-state index contributed by atoms with van der Waals surface area (Å²) in [6.07, 6.45) is 0. The molecule has 10 heavy (non-hydrogen) atoms. The van der Waals surface area contributed by atoms with E-state index in [1.165, 1.54) is 0 Å². The van der Waals surface area contributed by atoms with E-state index in [0.29, 0.717) is 10.0 Å². The Balaban J connectivity index is 3.09. The van der Waals surface area contributed by atoms with Crippen LogP contribution in [0.25, 0.3) is 5.32 Å². The van der Waals surface area contributed by atoms with E-state index in [2.05, 4.69) is 5.32 Å². The average molecular weight is 175 g/mol. The SMILES string of the molecule is C[N-]c1cc(Cl)ccc1Cl. The summed E-state index contributed by atoms with van der Waals surface area (Å²) >= 11 is 11.4. The van der Waals surface area contributed by atoms with Gasteiger partial charge in [0, 0.05) is 10.0 Å². The number of hydrogen-bond acceptors (Lipinski definition) is 0. The van der Waals surface area contributed by atoms with Crippen LogP contribution in [0.5, 0.6) is 0 Å². The van der Waals surface area contributed by atoms with Crippen LogP contribution in [0.3, 0.4) is 0 Å². The molecule has 0 N–H and O–H groups in total. The Morgan fingerprint density at radius 3 is 2.50 bits per heavy atom. The minimum Gasteiger partial charge on any atom is -0.686 e. The number of rotatable bonds is 1. The first-order valence-corrected chi connectivity index (χ1v) is 3.54. The largest absolute Gasteiger partial charge is 0.686 e. The fourth-order valence-corrected chi connectivity index (χ4v) is 1.03. The fourth-order valence-electron chi connectivity index (χ4n) is 0.657. The maximum absolute atomic E-state index is 5.74. The van der Waals surface area contributed by atoms with E-state index in [1.807, 2.05) is 0 Å². The highest BCUT2D eigenvalue weighted by Gasteiger charge is 1.89. The van der Waals surface area contributed by atoms with Gasteiger partial charge in [0.05, 0.1) is 0 Å². The number of hydrogen-bond donors (Lipinski definition) is 0. The predicted octanol–water partition coefficient (Wildman–Crippen LogP) is 3.63. The lowest BCUT2D eigenvalue weighted by atomic mass is 10.3. The molecule has 0 aliphatic rings. The zero-order valence-electron chi connectivity index (χ0n) is 5.44. The van der Waals surface area contributed by atoms with Gasteiger partial charge in [-0.1, -0.05) is 29.3 Å². The maximum atomic E-state index is 5.74. The Labute approximate surface area is 70.0 Å². The fraction of sp³-hybridized carbons (Fsp3) is 0.143. The van der Waals surface area contributed by atoms with Gasteiger partial charge >= 0.3 is 0 Å². The molecule has 0 bridgehead atoms. The van der Waals surface area contributed by atoms with Crippen molar-refractivity contribution >= 4 is 28.9 Å². The van der Waals surface area contributed by atoms with Crippen LogP contribution in [0.1, 0.15) is 0 Å². The Morgan fingerprint density at radius 2 is 2.00 bits per heavy atom. The topological polar surface area (TPSA) is 14.1 Å². The standard InChI is InChI=1S/C7H6Cl2N/c1-10-7-4-5(8)2-3-6(7)9/h2-4H,1H3/q-1. The normalized spacial score (nSPS) is 9.50. The third kappa shape index (κ3) is 1.55. The van der Waals surface area contributed by atoms with Gasteiger partial charge in [-0.3, -0.25) is 0 Å². The molecule has 0 saturated heterocycles. The summed E-state index contributed by atoms with van der Waals surface area (Å²) in [5.41, 5.74) is 0.731. The van der Waals surface area contributed by atoms with Gasteiger partial charge in [-0.15, -0.1) is 12.7 Å². The van der Waals surface area contributed by atoms with Gasteiger partial charge in [-0.25, -0.2) is 0 Å². The van der Waals surface area contributed by atoms with Crippen molar-refractivity contribution in [1.82, 2.24) is 0 Å². The van der Waals surface area contributed by atoms with Crippen molar-refractivity contribution in [2.75, 3.05) is 7.05 Å².